The highest BCUT2D eigenvalue weighted by atomic mass is 29.3. The van der Waals surface area contributed by atoms with Gasteiger partial charge in [-0.25, -0.2) is 0 Å². The number of ketones is 1. The molecule has 0 aliphatic carbocycles. The van der Waals surface area contributed by atoms with Crippen LogP contribution in [0.3, 0.4) is 0 Å². The number of Topliss-reactive ketones (excluding diaryl/α,β-unsaturated/α-hetero) is 1. The standard InChI is InChI=1S/C20H26OSi2/c1-17(21)19-13-11-18(12-14-19)15-16-22(2,3)23(4,5)20-9-7-6-8-10-20/h6-16H,1-5H3/b16-15-. The maximum atomic E-state index is 11.4. The molecule has 23 heavy (non-hydrogen) atoms. The van der Waals surface area contributed by atoms with Gasteiger partial charge in [-0.05, 0) is 12.5 Å². The van der Waals surface area contributed by atoms with Gasteiger partial charge in [0.2, 0.25) is 0 Å². The summed E-state index contributed by atoms with van der Waals surface area (Å²) in [6.07, 6.45) is 2.24. The van der Waals surface area contributed by atoms with Crippen molar-refractivity contribution in [3.63, 3.8) is 0 Å². The van der Waals surface area contributed by atoms with E-state index < -0.39 is 15.2 Å². The minimum absolute atomic E-state index is 0.118. The van der Waals surface area contributed by atoms with E-state index in [1.54, 1.807) is 6.92 Å². The Balaban J connectivity index is 2.24. The zero-order chi connectivity index (χ0) is 17.1. The van der Waals surface area contributed by atoms with E-state index in [-0.39, 0.29) is 5.78 Å². The van der Waals surface area contributed by atoms with Gasteiger partial charge in [0.1, 0.15) is 0 Å². The Morgan fingerprint density at radius 3 is 1.96 bits per heavy atom. The first-order chi connectivity index (χ1) is 10.7. The van der Waals surface area contributed by atoms with Gasteiger partial charge in [0.25, 0.3) is 0 Å². The van der Waals surface area contributed by atoms with Crippen molar-refractivity contribution in [2.75, 3.05) is 0 Å². The molecule has 0 aliphatic rings. The van der Waals surface area contributed by atoms with Crippen LogP contribution in [0.5, 0.6) is 0 Å². The molecular formula is C20H26OSi2. The normalized spacial score (nSPS) is 12.6. The molecule has 0 radical (unpaired) electrons. The number of hydrogen-bond donors (Lipinski definition) is 0. The monoisotopic (exact) mass is 338 g/mol. The quantitative estimate of drug-likeness (QED) is 0.563. The number of hydrogen-bond acceptors (Lipinski definition) is 1. The molecule has 0 unspecified atom stereocenters. The van der Waals surface area contributed by atoms with Crippen LogP contribution < -0.4 is 5.19 Å². The van der Waals surface area contributed by atoms with Crippen LogP contribution in [0.15, 0.2) is 60.3 Å². The third-order valence-corrected chi connectivity index (χ3v) is 22.1. The Kier molecular flexibility index (Phi) is 5.22. The second kappa shape index (κ2) is 6.81. The van der Waals surface area contributed by atoms with Crippen molar-refractivity contribution in [3.05, 3.63) is 71.4 Å². The van der Waals surface area contributed by atoms with Gasteiger partial charge in [0.15, 0.2) is 5.78 Å². The first-order valence-corrected chi connectivity index (χ1v) is 15.2. The van der Waals surface area contributed by atoms with Crippen molar-refractivity contribution in [3.8, 4) is 0 Å². The Bertz CT molecular complexity index is 698. The average molecular weight is 339 g/mol. The molecule has 120 valence electrons. The molecule has 0 amide bonds. The van der Waals surface area contributed by atoms with Gasteiger partial charge in [0.05, 0.1) is 15.2 Å². The summed E-state index contributed by atoms with van der Waals surface area (Å²) in [5.74, 6) is 0.118. The van der Waals surface area contributed by atoms with Crippen LogP contribution in [0.2, 0.25) is 26.2 Å². The van der Waals surface area contributed by atoms with Crippen molar-refractivity contribution in [1.82, 2.24) is 0 Å². The third kappa shape index (κ3) is 3.98. The highest BCUT2D eigenvalue weighted by Gasteiger charge is 2.40. The van der Waals surface area contributed by atoms with E-state index in [4.69, 9.17) is 0 Å². The molecule has 0 spiro atoms. The summed E-state index contributed by atoms with van der Waals surface area (Å²) in [5.41, 5.74) is 4.42. The molecule has 0 aromatic heterocycles. The van der Waals surface area contributed by atoms with Gasteiger partial charge < -0.3 is 0 Å². The summed E-state index contributed by atoms with van der Waals surface area (Å²) in [6.45, 7) is 11.5. The van der Waals surface area contributed by atoms with Gasteiger partial charge >= 0.3 is 0 Å². The fourth-order valence-electron chi connectivity index (χ4n) is 2.57. The van der Waals surface area contributed by atoms with Gasteiger partial charge in [0, 0.05) is 5.56 Å². The summed E-state index contributed by atoms with van der Waals surface area (Å²) < 4.78 is 0. The molecule has 0 aliphatic heterocycles. The summed E-state index contributed by atoms with van der Waals surface area (Å²) in [7, 11) is -2.99. The fraction of sp³-hybridized carbons (Fsp3) is 0.250. The average Bonchev–Trinajstić information content (AvgIpc) is 2.54. The fourth-order valence-corrected chi connectivity index (χ4v) is 9.60. The lowest BCUT2D eigenvalue weighted by Gasteiger charge is -2.36. The van der Waals surface area contributed by atoms with Crippen LogP contribution in [-0.2, 0) is 0 Å². The Morgan fingerprint density at radius 1 is 0.870 bits per heavy atom. The lowest BCUT2D eigenvalue weighted by atomic mass is 10.1. The lowest BCUT2D eigenvalue weighted by Crippen LogP contribution is -2.61. The zero-order valence-electron chi connectivity index (χ0n) is 14.8. The Morgan fingerprint density at radius 2 is 1.43 bits per heavy atom. The SMILES string of the molecule is CC(=O)c1ccc(/C=C\[Si](C)(C)[Si](C)(C)c2ccccc2)cc1. The number of rotatable bonds is 5. The first-order valence-electron chi connectivity index (χ1n) is 8.10. The molecule has 0 bridgehead atoms. The first kappa shape index (κ1) is 17.6. The third-order valence-electron chi connectivity index (χ3n) is 5.12. The maximum Gasteiger partial charge on any atom is 0.159 e. The van der Waals surface area contributed by atoms with Crippen molar-refractivity contribution < 1.29 is 4.79 Å². The maximum absolute atomic E-state index is 11.4. The molecule has 0 fully saturated rings. The van der Waals surface area contributed by atoms with E-state index in [1.165, 1.54) is 10.8 Å². The zero-order valence-corrected chi connectivity index (χ0v) is 16.8. The molecule has 0 heterocycles. The second-order valence-electron chi connectivity index (χ2n) is 7.22. The van der Waals surface area contributed by atoms with E-state index in [0.29, 0.717) is 0 Å². The number of carbonyl (C=O) groups excluding carboxylic acids is 1. The topological polar surface area (TPSA) is 17.1 Å². The minimum Gasteiger partial charge on any atom is -0.295 e. The second-order valence-corrected chi connectivity index (χ2v) is 22.4. The van der Waals surface area contributed by atoms with Gasteiger partial charge in [-0.2, -0.15) is 0 Å². The van der Waals surface area contributed by atoms with Crippen LogP contribution in [0.4, 0.5) is 0 Å². The van der Waals surface area contributed by atoms with E-state index in [1.807, 2.05) is 24.3 Å². The van der Waals surface area contributed by atoms with Crippen molar-refractivity contribution >= 4 is 32.2 Å². The largest absolute Gasteiger partial charge is 0.295 e. The van der Waals surface area contributed by atoms with Crippen LogP contribution >= 0.6 is 0 Å². The molecule has 3 heteroatoms. The molecule has 1 nitrogen and oxygen atoms in total. The molecular weight excluding hydrogens is 312 g/mol. The van der Waals surface area contributed by atoms with Crippen LogP contribution in [0.1, 0.15) is 22.8 Å². The number of benzene rings is 2. The number of carbonyl (C=O) groups is 1. The summed E-state index contributed by atoms with van der Waals surface area (Å²) in [6, 6.07) is 18.9. The summed E-state index contributed by atoms with van der Waals surface area (Å²) in [4.78, 5) is 11.4. The lowest BCUT2D eigenvalue weighted by molar-refractivity contribution is 0.101. The van der Waals surface area contributed by atoms with Crippen molar-refractivity contribution in [1.29, 1.82) is 0 Å². The molecule has 0 saturated carbocycles. The van der Waals surface area contributed by atoms with Crippen LogP contribution in [0.25, 0.3) is 6.08 Å². The summed E-state index contributed by atoms with van der Waals surface area (Å²) in [5, 5.41) is 1.54. The molecule has 2 aromatic carbocycles. The van der Waals surface area contributed by atoms with E-state index in [0.717, 1.165) is 5.56 Å². The molecule has 2 aromatic rings. The summed E-state index contributed by atoms with van der Waals surface area (Å²) >= 11 is 0. The minimum atomic E-state index is -1.50. The molecule has 0 N–H and O–H groups in total. The van der Waals surface area contributed by atoms with Crippen LogP contribution in [0, 0.1) is 0 Å². The highest BCUT2D eigenvalue weighted by Crippen LogP contribution is 2.22. The predicted octanol–water partition coefficient (Wildman–Crippen LogP) is 4.84. The van der Waals surface area contributed by atoms with E-state index in [9.17, 15) is 4.79 Å². The molecule has 0 atom stereocenters. The van der Waals surface area contributed by atoms with Gasteiger partial charge in [-0.15, -0.1) is 0 Å². The van der Waals surface area contributed by atoms with Gasteiger partial charge in [-0.1, -0.05) is 97.7 Å². The predicted molar refractivity (Wildman–Crippen MR) is 107 cm³/mol. The van der Waals surface area contributed by atoms with Crippen molar-refractivity contribution in [2.24, 2.45) is 0 Å². The van der Waals surface area contributed by atoms with Gasteiger partial charge in [-0.3, -0.25) is 4.79 Å². The van der Waals surface area contributed by atoms with Crippen molar-refractivity contribution in [2.45, 2.75) is 33.1 Å². The molecule has 2 rings (SSSR count). The highest BCUT2D eigenvalue weighted by molar-refractivity contribution is 7.47. The Labute approximate surface area is 141 Å². The smallest absolute Gasteiger partial charge is 0.159 e. The molecule has 0 saturated heterocycles. The Hall–Kier alpha value is -1.72. The van der Waals surface area contributed by atoms with Crippen LogP contribution in [-0.4, -0.2) is 21.0 Å². The van der Waals surface area contributed by atoms with E-state index in [2.05, 4.69) is 68.3 Å². The van der Waals surface area contributed by atoms with E-state index >= 15 is 0 Å².